The van der Waals surface area contributed by atoms with Crippen molar-refractivity contribution < 1.29 is 23.4 Å². The van der Waals surface area contributed by atoms with E-state index in [9.17, 15) is 9.18 Å². The van der Waals surface area contributed by atoms with Gasteiger partial charge in [0.05, 0.1) is 25.4 Å². The number of amides is 2. The maximum atomic E-state index is 13.8. The molecule has 1 aromatic rings. The fraction of sp³-hybridized carbons (Fsp3) is 0.632. The van der Waals surface area contributed by atoms with Crippen LogP contribution >= 0.6 is 0 Å². The average Bonchev–Trinajstić information content (AvgIpc) is 2.68. The number of hydrogen-bond acceptors (Lipinski definition) is 5. The van der Waals surface area contributed by atoms with Gasteiger partial charge in [0, 0.05) is 31.7 Å². The van der Waals surface area contributed by atoms with Gasteiger partial charge in [-0.05, 0) is 37.6 Å². The molecule has 0 saturated carbocycles. The van der Waals surface area contributed by atoms with Crippen molar-refractivity contribution in [1.82, 2.24) is 15.1 Å². The van der Waals surface area contributed by atoms with Crippen LogP contribution in [0.25, 0.3) is 0 Å². The van der Waals surface area contributed by atoms with Crippen LogP contribution in [0.4, 0.5) is 9.18 Å². The topological polar surface area (TPSA) is 63.3 Å². The third-order valence-corrected chi connectivity index (χ3v) is 5.57. The number of hydrogen-bond donors (Lipinski definition) is 1. The van der Waals surface area contributed by atoms with E-state index in [0.717, 1.165) is 25.1 Å². The zero-order chi connectivity index (χ0) is 18.8. The van der Waals surface area contributed by atoms with Crippen LogP contribution in [0, 0.1) is 5.82 Å². The van der Waals surface area contributed by atoms with E-state index in [1.54, 1.807) is 0 Å². The van der Waals surface area contributed by atoms with Crippen LogP contribution in [-0.2, 0) is 22.5 Å². The van der Waals surface area contributed by atoms with E-state index in [-0.39, 0.29) is 30.8 Å². The number of nitrogens with zero attached hydrogens (tertiary/aromatic N) is 2. The summed E-state index contributed by atoms with van der Waals surface area (Å²) in [6, 6.07) is 3.07. The monoisotopic (exact) mass is 379 g/mol. The van der Waals surface area contributed by atoms with Crippen LogP contribution in [0.3, 0.4) is 0 Å². The normalized spacial score (nSPS) is 25.3. The van der Waals surface area contributed by atoms with Crippen LogP contribution in [0.15, 0.2) is 12.1 Å². The Morgan fingerprint density at radius 1 is 1.37 bits per heavy atom. The van der Waals surface area contributed by atoms with Gasteiger partial charge in [0.2, 0.25) is 0 Å². The van der Waals surface area contributed by atoms with Gasteiger partial charge in [-0.25, -0.2) is 9.18 Å². The minimum atomic E-state index is -0.313. The van der Waals surface area contributed by atoms with E-state index < -0.39 is 0 Å². The second kappa shape index (κ2) is 8.00. The van der Waals surface area contributed by atoms with Crippen LogP contribution < -0.4 is 10.1 Å². The predicted octanol–water partition coefficient (Wildman–Crippen LogP) is 1.35. The molecule has 2 fully saturated rings. The fourth-order valence-electron chi connectivity index (χ4n) is 4.08. The van der Waals surface area contributed by atoms with Crippen molar-refractivity contribution in [2.75, 3.05) is 46.6 Å². The highest BCUT2D eigenvalue weighted by Gasteiger charge is 2.36. The largest absolute Gasteiger partial charge is 0.467 e. The minimum absolute atomic E-state index is 0.0815. The van der Waals surface area contributed by atoms with Crippen LogP contribution in [0.1, 0.15) is 17.5 Å². The fourth-order valence-corrected chi connectivity index (χ4v) is 4.08. The second-order valence-corrected chi connectivity index (χ2v) is 7.34. The molecule has 8 heteroatoms. The maximum Gasteiger partial charge on any atom is 0.317 e. The number of nitrogens with one attached hydrogen (secondary N) is 1. The molecule has 0 radical (unpaired) electrons. The highest BCUT2D eigenvalue weighted by molar-refractivity contribution is 5.74. The first-order valence-corrected chi connectivity index (χ1v) is 9.48. The summed E-state index contributed by atoms with van der Waals surface area (Å²) in [5.41, 5.74) is 1.47. The highest BCUT2D eigenvalue weighted by atomic mass is 19.1. The molecule has 7 nitrogen and oxygen atoms in total. The van der Waals surface area contributed by atoms with E-state index >= 15 is 0 Å². The van der Waals surface area contributed by atoms with Gasteiger partial charge in [-0.1, -0.05) is 0 Å². The summed E-state index contributed by atoms with van der Waals surface area (Å²) >= 11 is 0. The molecule has 4 rings (SSSR count). The molecule has 3 aliphatic heterocycles. The molecule has 1 aromatic carbocycles. The first-order chi connectivity index (χ1) is 13.1. The lowest BCUT2D eigenvalue weighted by Crippen LogP contribution is -2.60. The Labute approximate surface area is 158 Å². The number of morpholine rings is 1. The van der Waals surface area contributed by atoms with Crippen LogP contribution in [0.5, 0.6) is 5.75 Å². The number of likely N-dealkylation sites (N-methyl/N-ethyl adjacent to an activating group) is 1. The lowest BCUT2D eigenvalue weighted by Gasteiger charge is -2.45. The molecule has 0 spiro atoms. The Hall–Kier alpha value is -1.90. The zero-order valence-corrected chi connectivity index (χ0v) is 15.6. The van der Waals surface area contributed by atoms with Crippen LogP contribution in [0.2, 0.25) is 0 Å². The van der Waals surface area contributed by atoms with Crippen molar-refractivity contribution in [2.45, 2.75) is 31.6 Å². The lowest BCUT2D eigenvalue weighted by molar-refractivity contribution is -0.0881. The Balaban J connectivity index is 1.32. The van der Waals surface area contributed by atoms with Crippen LogP contribution in [-0.4, -0.2) is 74.6 Å². The quantitative estimate of drug-likeness (QED) is 0.859. The van der Waals surface area contributed by atoms with Gasteiger partial charge in [-0.3, -0.25) is 4.90 Å². The SMILES string of the molecule is CN1CCO[C@H]2CCN(C(=O)NCCc3cc(F)cc4c3OCOC4)C[C@@H]21. The summed E-state index contributed by atoms with van der Waals surface area (Å²) in [5, 5.41) is 2.96. The van der Waals surface area contributed by atoms with Crippen molar-refractivity contribution in [3.8, 4) is 5.75 Å². The summed E-state index contributed by atoms with van der Waals surface area (Å²) in [6.07, 6.45) is 1.58. The second-order valence-electron chi connectivity index (χ2n) is 7.34. The van der Waals surface area contributed by atoms with Crippen molar-refractivity contribution >= 4 is 6.03 Å². The molecule has 2 saturated heterocycles. The zero-order valence-electron chi connectivity index (χ0n) is 15.6. The molecular weight excluding hydrogens is 353 g/mol. The Kier molecular flexibility index (Phi) is 5.47. The Bertz CT molecular complexity index is 702. The molecule has 0 aliphatic carbocycles. The van der Waals surface area contributed by atoms with Crippen molar-refractivity contribution in [1.29, 1.82) is 0 Å². The van der Waals surface area contributed by atoms with Gasteiger partial charge in [0.25, 0.3) is 0 Å². The third kappa shape index (κ3) is 4.02. The molecule has 3 aliphatic rings. The summed E-state index contributed by atoms with van der Waals surface area (Å²) in [6.45, 7) is 3.96. The molecule has 2 amide bonds. The number of piperidine rings is 1. The number of rotatable bonds is 3. The smallest absolute Gasteiger partial charge is 0.317 e. The van der Waals surface area contributed by atoms with E-state index in [1.807, 2.05) is 4.90 Å². The summed E-state index contributed by atoms with van der Waals surface area (Å²) in [5.74, 6) is 0.366. The number of fused-ring (bicyclic) bond motifs is 2. The van der Waals surface area contributed by atoms with E-state index in [4.69, 9.17) is 14.2 Å². The molecule has 2 atom stereocenters. The number of ether oxygens (including phenoxy) is 3. The van der Waals surface area contributed by atoms with Gasteiger partial charge in [0.1, 0.15) is 11.6 Å². The summed E-state index contributed by atoms with van der Waals surface area (Å²) < 4.78 is 30.4. The minimum Gasteiger partial charge on any atom is -0.467 e. The number of likely N-dealkylation sites (tertiary alicyclic amines) is 1. The molecule has 148 valence electrons. The molecule has 3 heterocycles. The standard InChI is InChI=1S/C19H26FN3O4/c1-22-6-7-26-17-3-5-23(10-16(17)22)19(24)21-4-2-13-8-15(20)9-14-11-25-12-27-18(13)14/h8-9,16-17H,2-7,10-12H2,1H3,(H,21,24)/t16-,17-/m0/s1. The molecular formula is C19H26FN3O4. The number of benzene rings is 1. The first kappa shape index (κ1) is 18.5. The van der Waals surface area contributed by atoms with E-state index in [2.05, 4.69) is 17.3 Å². The molecule has 0 bridgehead atoms. The van der Waals surface area contributed by atoms with Gasteiger partial charge >= 0.3 is 6.03 Å². The Morgan fingerprint density at radius 3 is 3.15 bits per heavy atom. The van der Waals surface area contributed by atoms with Gasteiger partial charge in [-0.2, -0.15) is 0 Å². The average molecular weight is 379 g/mol. The first-order valence-electron chi connectivity index (χ1n) is 9.48. The van der Waals surface area contributed by atoms with Crippen molar-refractivity contribution in [3.05, 3.63) is 29.1 Å². The van der Waals surface area contributed by atoms with Gasteiger partial charge in [-0.15, -0.1) is 0 Å². The van der Waals surface area contributed by atoms with E-state index in [1.165, 1.54) is 12.1 Å². The lowest BCUT2D eigenvalue weighted by atomic mass is 9.99. The molecule has 0 unspecified atom stereocenters. The molecule has 1 N–H and O–H groups in total. The predicted molar refractivity (Wildman–Crippen MR) is 96.1 cm³/mol. The number of carbonyl (C=O) groups is 1. The maximum absolute atomic E-state index is 13.8. The molecule has 0 aromatic heterocycles. The van der Waals surface area contributed by atoms with E-state index in [0.29, 0.717) is 44.0 Å². The molecule has 27 heavy (non-hydrogen) atoms. The number of carbonyl (C=O) groups excluding carboxylic acids is 1. The third-order valence-electron chi connectivity index (χ3n) is 5.57. The van der Waals surface area contributed by atoms with Gasteiger partial charge in [0.15, 0.2) is 6.79 Å². The highest BCUT2D eigenvalue weighted by Crippen LogP contribution is 2.29. The van der Waals surface area contributed by atoms with Crippen molar-refractivity contribution in [2.24, 2.45) is 0 Å². The summed E-state index contributed by atoms with van der Waals surface area (Å²) in [7, 11) is 2.08. The number of urea groups is 1. The number of halogens is 1. The summed E-state index contributed by atoms with van der Waals surface area (Å²) in [4.78, 5) is 16.7. The van der Waals surface area contributed by atoms with Crippen molar-refractivity contribution in [3.63, 3.8) is 0 Å². The Morgan fingerprint density at radius 2 is 2.26 bits per heavy atom. The van der Waals surface area contributed by atoms with Gasteiger partial charge < -0.3 is 24.4 Å².